The smallest absolute Gasteiger partial charge is 0.340 e. The van der Waals surface area contributed by atoms with Crippen LogP contribution in [0.2, 0.25) is 5.02 Å². The zero-order chi connectivity index (χ0) is 20.7. The zero-order valence-electron chi connectivity index (χ0n) is 14.4. The summed E-state index contributed by atoms with van der Waals surface area (Å²) in [5.74, 6) is -1.78. The van der Waals surface area contributed by atoms with Crippen LogP contribution in [-0.2, 0) is 9.53 Å². The third-order valence-electron chi connectivity index (χ3n) is 3.25. The molecule has 2 aromatic carbocycles. The van der Waals surface area contributed by atoms with E-state index in [9.17, 15) is 24.5 Å². The minimum absolute atomic E-state index is 0.0816. The van der Waals surface area contributed by atoms with Gasteiger partial charge in [0.05, 0.1) is 10.5 Å². The summed E-state index contributed by atoms with van der Waals surface area (Å²) in [5.41, 5.74) is -0.385. The van der Waals surface area contributed by atoms with Gasteiger partial charge in [0, 0.05) is 34.0 Å². The third kappa shape index (κ3) is 5.96. The summed E-state index contributed by atoms with van der Waals surface area (Å²) in [5, 5.41) is 15.7. The van der Waals surface area contributed by atoms with Crippen molar-refractivity contribution >= 4 is 47.0 Å². The van der Waals surface area contributed by atoms with Crippen LogP contribution in [0.1, 0.15) is 10.4 Å². The number of esters is 1. The first kappa shape index (κ1) is 21.2. The van der Waals surface area contributed by atoms with Gasteiger partial charge in [-0.05, 0) is 30.3 Å². The molecule has 0 atom stereocenters. The van der Waals surface area contributed by atoms with Gasteiger partial charge >= 0.3 is 12.0 Å². The topological polar surface area (TPSA) is 128 Å². The number of nitro groups is 1. The van der Waals surface area contributed by atoms with Crippen LogP contribution in [0, 0.1) is 10.1 Å². The van der Waals surface area contributed by atoms with Crippen LogP contribution in [0.15, 0.2) is 52.3 Å². The highest BCUT2D eigenvalue weighted by molar-refractivity contribution is 7.99. The number of hydrogen-bond acceptors (Lipinski definition) is 7. The molecule has 0 aliphatic rings. The number of carbonyl (C=O) groups is 3. The SMILES string of the molecule is CNC(=O)NC(=O)COC(=O)c1cc([N+](=O)[O-])ccc1Sc1ccc(Cl)cc1. The number of hydrogen-bond donors (Lipinski definition) is 2. The number of nitro benzene ring substituents is 1. The number of halogens is 1. The van der Waals surface area contributed by atoms with Crippen LogP contribution < -0.4 is 10.6 Å². The van der Waals surface area contributed by atoms with E-state index in [1.165, 1.54) is 30.9 Å². The average molecular weight is 424 g/mol. The predicted molar refractivity (Wildman–Crippen MR) is 102 cm³/mol. The van der Waals surface area contributed by atoms with E-state index in [0.29, 0.717) is 9.92 Å². The first-order valence-electron chi connectivity index (χ1n) is 7.70. The summed E-state index contributed by atoms with van der Waals surface area (Å²) in [7, 11) is 1.32. The number of ether oxygens (including phenoxy) is 1. The number of rotatable bonds is 6. The molecule has 2 N–H and O–H groups in total. The predicted octanol–water partition coefficient (Wildman–Crippen LogP) is 3.01. The number of urea groups is 1. The molecule has 0 aliphatic heterocycles. The Morgan fingerprint density at radius 2 is 1.86 bits per heavy atom. The fourth-order valence-corrected chi connectivity index (χ4v) is 2.98. The van der Waals surface area contributed by atoms with Gasteiger partial charge in [0.15, 0.2) is 6.61 Å². The van der Waals surface area contributed by atoms with Gasteiger partial charge in [-0.2, -0.15) is 0 Å². The summed E-state index contributed by atoms with van der Waals surface area (Å²) >= 11 is 7.02. The van der Waals surface area contributed by atoms with Gasteiger partial charge in [-0.15, -0.1) is 0 Å². The maximum absolute atomic E-state index is 12.4. The molecule has 0 saturated heterocycles. The zero-order valence-corrected chi connectivity index (χ0v) is 16.0. The van der Waals surface area contributed by atoms with Gasteiger partial charge in [0.25, 0.3) is 11.6 Å². The summed E-state index contributed by atoms with van der Waals surface area (Å²) in [6, 6.07) is 9.76. The minimum Gasteiger partial charge on any atom is -0.452 e. The molecule has 11 heteroatoms. The second-order valence-electron chi connectivity index (χ2n) is 5.20. The normalized spacial score (nSPS) is 10.1. The first-order valence-corrected chi connectivity index (χ1v) is 8.90. The van der Waals surface area contributed by atoms with Crippen LogP contribution in [0.5, 0.6) is 0 Å². The quantitative estimate of drug-likeness (QED) is 0.415. The van der Waals surface area contributed by atoms with E-state index < -0.39 is 29.4 Å². The van der Waals surface area contributed by atoms with Crippen LogP contribution in [0.4, 0.5) is 10.5 Å². The van der Waals surface area contributed by atoms with E-state index in [1.807, 2.05) is 5.32 Å². The number of nitrogens with zero attached hydrogens (tertiary/aromatic N) is 1. The Labute approximate surface area is 168 Å². The van der Waals surface area contributed by atoms with E-state index in [2.05, 4.69) is 5.32 Å². The summed E-state index contributed by atoms with van der Waals surface area (Å²) < 4.78 is 4.88. The highest BCUT2D eigenvalue weighted by atomic mass is 35.5. The molecule has 2 aromatic rings. The van der Waals surface area contributed by atoms with Gasteiger partial charge in [0.2, 0.25) is 0 Å². The van der Waals surface area contributed by atoms with E-state index in [1.54, 1.807) is 24.3 Å². The van der Waals surface area contributed by atoms with Crippen LogP contribution in [0.25, 0.3) is 0 Å². The highest BCUT2D eigenvalue weighted by Gasteiger charge is 2.20. The highest BCUT2D eigenvalue weighted by Crippen LogP contribution is 2.33. The molecule has 0 spiro atoms. The number of benzene rings is 2. The van der Waals surface area contributed by atoms with E-state index in [-0.39, 0.29) is 11.3 Å². The molecule has 2 rings (SSSR count). The lowest BCUT2D eigenvalue weighted by Gasteiger charge is -2.10. The maximum atomic E-state index is 12.4. The molecule has 0 heterocycles. The van der Waals surface area contributed by atoms with Gasteiger partial charge in [-0.1, -0.05) is 23.4 Å². The minimum atomic E-state index is -0.938. The van der Waals surface area contributed by atoms with Gasteiger partial charge < -0.3 is 10.1 Å². The third-order valence-corrected chi connectivity index (χ3v) is 4.59. The fraction of sp³-hybridized carbons (Fsp3) is 0.118. The Morgan fingerprint density at radius 3 is 2.46 bits per heavy atom. The lowest BCUT2D eigenvalue weighted by molar-refractivity contribution is -0.384. The number of imide groups is 1. The van der Waals surface area contributed by atoms with Crippen molar-refractivity contribution in [3.8, 4) is 0 Å². The summed E-state index contributed by atoms with van der Waals surface area (Å²) in [6.07, 6.45) is 0. The lowest BCUT2D eigenvalue weighted by atomic mass is 10.2. The van der Waals surface area contributed by atoms with Crippen molar-refractivity contribution < 1.29 is 24.0 Å². The Morgan fingerprint density at radius 1 is 1.18 bits per heavy atom. The van der Waals surface area contributed by atoms with Crippen molar-refractivity contribution in [2.24, 2.45) is 0 Å². The molecule has 146 valence electrons. The van der Waals surface area contributed by atoms with Crippen molar-refractivity contribution in [3.05, 3.63) is 63.2 Å². The Balaban J connectivity index is 2.21. The van der Waals surface area contributed by atoms with E-state index >= 15 is 0 Å². The molecule has 0 bridgehead atoms. The first-order chi connectivity index (χ1) is 13.3. The second-order valence-corrected chi connectivity index (χ2v) is 6.75. The molecule has 0 radical (unpaired) electrons. The van der Waals surface area contributed by atoms with Gasteiger partial charge in [-0.25, -0.2) is 9.59 Å². The largest absolute Gasteiger partial charge is 0.452 e. The molecule has 0 saturated carbocycles. The number of nitrogens with one attached hydrogen (secondary N) is 2. The summed E-state index contributed by atoms with van der Waals surface area (Å²) in [6.45, 7) is -0.722. The van der Waals surface area contributed by atoms with Crippen molar-refractivity contribution in [1.82, 2.24) is 10.6 Å². The molecule has 0 fully saturated rings. The standard InChI is InChI=1S/C17H14ClN3O6S/c1-19-17(24)20-15(22)9-27-16(23)13-8-11(21(25)26)4-7-14(13)28-12-5-2-10(18)3-6-12/h2-8H,9H2,1H3,(H2,19,20,22,24). The molecular formula is C17H14ClN3O6S. The van der Waals surface area contributed by atoms with Crippen molar-refractivity contribution in [3.63, 3.8) is 0 Å². The van der Waals surface area contributed by atoms with Crippen LogP contribution in [-0.4, -0.2) is 36.5 Å². The van der Waals surface area contributed by atoms with Gasteiger partial charge in [-0.3, -0.25) is 20.2 Å². The molecule has 0 unspecified atom stereocenters. The number of carbonyl (C=O) groups excluding carboxylic acids is 3. The maximum Gasteiger partial charge on any atom is 0.340 e. The van der Waals surface area contributed by atoms with Crippen LogP contribution >= 0.6 is 23.4 Å². The monoisotopic (exact) mass is 423 g/mol. The molecular weight excluding hydrogens is 410 g/mol. The molecule has 28 heavy (non-hydrogen) atoms. The molecule has 0 aliphatic carbocycles. The fourth-order valence-electron chi connectivity index (χ4n) is 1.94. The van der Waals surface area contributed by atoms with E-state index in [4.69, 9.17) is 16.3 Å². The second kappa shape index (κ2) is 9.72. The Bertz CT molecular complexity index is 920. The van der Waals surface area contributed by atoms with Gasteiger partial charge in [0.1, 0.15) is 0 Å². The number of amides is 3. The molecule has 0 aromatic heterocycles. The Hall–Kier alpha value is -3.11. The van der Waals surface area contributed by atoms with Crippen molar-refractivity contribution in [1.29, 1.82) is 0 Å². The summed E-state index contributed by atoms with van der Waals surface area (Å²) in [4.78, 5) is 46.5. The Kier molecular flexibility index (Phi) is 7.36. The average Bonchev–Trinajstić information content (AvgIpc) is 2.67. The number of non-ortho nitro benzene ring substituents is 1. The molecule has 9 nitrogen and oxygen atoms in total. The van der Waals surface area contributed by atoms with Crippen molar-refractivity contribution in [2.75, 3.05) is 13.7 Å². The van der Waals surface area contributed by atoms with Crippen molar-refractivity contribution in [2.45, 2.75) is 9.79 Å². The van der Waals surface area contributed by atoms with Crippen LogP contribution in [0.3, 0.4) is 0 Å². The lowest BCUT2D eigenvalue weighted by Crippen LogP contribution is -2.39. The molecule has 3 amide bonds. The van der Waals surface area contributed by atoms with E-state index in [0.717, 1.165) is 11.0 Å².